The zero-order valence-corrected chi connectivity index (χ0v) is 24.0. The normalized spacial score (nSPS) is 13.3. The van der Waals surface area contributed by atoms with E-state index in [1.807, 2.05) is 0 Å². The number of thioether (sulfide) groups is 1. The number of pyridine rings is 1. The molecule has 4 rings (SSSR count). The number of aromatic nitrogens is 2. The number of halogens is 5. The number of aliphatic hydroxyl groups excluding tert-OH is 1. The molecule has 0 fully saturated rings. The minimum absolute atomic E-state index is 0.0108. The van der Waals surface area contributed by atoms with E-state index in [-0.39, 0.29) is 51.5 Å². The molecule has 2 aromatic heterocycles. The van der Waals surface area contributed by atoms with Gasteiger partial charge in [-0.15, -0.1) is 0 Å². The molecule has 0 saturated heterocycles. The molecule has 7 N–H and O–H groups in total. The lowest BCUT2D eigenvalue weighted by molar-refractivity contribution is -0.411. The number of fused-ring (bicyclic) bond motifs is 1. The Labute approximate surface area is 256 Å². The molecule has 44 heavy (non-hydrogen) atoms. The first-order valence-electron chi connectivity index (χ1n) is 12.8. The van der Waals surface area contributed by atoms with E-state index in [1.54, 1.807) is 6.07 Å². The number of alkyl halides is 4. The molecule has 0 saturated carbocycles. The van der Waals surface area contributed by atoms with Crippen LogP contribution in [0.5, 0.6) is 0 Å². The fourth-order valence-electron chi connectivity index (χ4n) is 4.47. The average molecular weight is 660 g/mol. The number of carbonyl (C=O) groups excluding carboxylic acids is 1. The van der Waals surface area contributed by atoms with Gasteiger partial charge in [-0.2, -0.15) is 13.2 Å². The van der Waals surface area contributed by atoms with Gasteiger partial charge < -0.3 is 40.5 Å². The number of aryl methyl sites for hydroxylation is 1. The summed E-state index contributed by atoms with van der Waals surface area (Å²) in [7, 11) is 0. The van der Waals surface area contributed by atoms with Gasteiger partial charge in [-0.1, -0.05) is 29.4 Å². The lowest BCUT2D eigenvalue weighted by atomic mass is 10.0. The van der Waals surface area contributed by atoms with Crippen LogP contribution in [0, 0.1) is 0 Å². The van der Waals surface area contributed by atoms with Crippen molar-refractivity contribution in [1.82, 2.24) is 14.9 Å². The van der Waals surface area contributed by atoms with Crippen molar-refractivity contribution in [3.8, 4) is 0 Å². The predicted octanol–water partition coefficient (Wildman–Crippen LogP) is 3.09. The number of amides is 1. The number of aliphatic hydroxyl groups is 6. The predicted molar refractivity (Wildman–Crippen MR) is 151 cm³/mol. The number of nitrogens with zero attached hydrogens (tertiary/aromatic N) is 2. The van der Waals surface area contributed by atoms with Crippen LogP contribution in [-0.2, 0) is 19.1 Å². The van der Waals surface area contributed by atoms with Crippen LogP contribution in [0.3, 0.4) is 0 Å². The van der Waals surface area contributed by atoms with E-state index < -0.39 is 48.1 Å². The zero-order chi connectivity index (χ0) is 32.4. The minimum Gasteiger partial charge on any atom is -0.394 e. The Morgan fingerprint density at radius 2 is 1.75 bits per heavy atom. The molecule has 0 spiro atoms. The second kappa shape index (κ2) is 13.0. The Morgan fingerprint density at radius 1 is 1.02 bits per heavy atom. The summed E-state index contributed by atoms with van der Waals surface area (Å²) in [5, 5.41) is 55.8. The number of nitrogens with one attached hydrogen (secondary N) is 1. The molecule has 0 bridgehead atoms. The van der Waals surface area contributed by atoms with Crippen LogP contribution in [0.2, 0.25) is 5.02 Å². The summed E-state index contributed by atoms with van der Waals surface area (Å²) >= 11 is 5.86. The Hall–Kier alpha value is -3.28. The van der Waals surface area contributed by atoms with Crippen LogP contribution in [0.25, 0.3) is 10.9 Å². The summed E-state index contributed by atoms with van der Waals surface area (Å²) in [5.74, 6) is -4.48. The molecular formula is C28H26ClF4N3O7S. The van der Waals surface area contributed by atoms with Gasteiger partial charge in [-0.25, -0.2) is 4.39 Å². The summed E-state index contributed by atoms with van der Waals surface area (Å²) in [6, 6.07) is 11.0. The first-order chi connectivity index (χ1) is 20.5. The zero-order valence-electron chi connectivity index (χ0n) is 22.5. The standard InChI is InChI=1S/C28H26ClF4N3O7S/c29-18-3-1-15(21(12-18)26(31,32)33)10-19-11-17-9-16(2-6-24(17)36(19)8-7-30)25(38)35-23(14-37)22-5-4-20(13-34-22)44-28(42,43)27(39,40)41/h1-6,9,11-13,23,37,39-43H,7-8,10,14H2,(H,35,38). The van der Waals surface area contributed by atoms with Crippen LogP contribution in [0.15, 0.2) is 65.7 Å². The highest BCUT2D eigenvalue weighted by molar-refractivity contribution is 8.00. The largest absolute Gasteiger partial charge is 0.416 e. The molecule has 0 aliphatic heterocycles. The smallest absolute Gasteiger partial charge is 0.394 e. The number of benzene rings is 2. The summed E-state index contributed by atoms with van der Waals surface area (Å²) in [6.07, 6.45) is -3.77. The van der Waals surface area contributed by atoms with E-state index >= 15 is 0 Å². The summed E-state index contributed by atoms with van der Waals surface area (Å²) in [4.78, 5) is 17.1. The summed E-state index contributed by atoms with van der Waals surface area (Å²) in [5.41, 5.74) is 0.187. The lowest BCUT2D eigenvalue weighted by Gasteiger charge is -2.28. The van der Waals surface area contributed by atoms with Gasteiger partial charge in [0.15, 0.2) is 0 Å². The molecule has 1 unspecified atom stereocenters. The molecular weight excluding hydrogens is 634 g/mol. The highest BCUT2D eigenvalue weighted by Gasteiger charge is 2.47. The molecule has 236 valence electrons. The fraction of sp³-hybridized carbons (Fsp3) is 0.286. The Bertz CT molecular complexity index is 1640. The number of rotatable bonds is 11. The van der Waals surface area contributed by atoms with Gasteiger partial charge in [-0.3, -0.25) is 9.78 Å². The SMILES string of the molecule is O=C(NC(CO)c1ccc(SC(O)(O)C(O)(O)O)cn1)c1ccc2c(c1)cc(Cc1ccc(Cl)cc1C(F)(F)F)n2CCF. The molecule has 0 aliphatic rings. The maximum Gasteiger partial charge on any atom is 0.416 e. The van der Waals surface area contributed by atoms with E-state index in [2.05, 4.69) is 10.3 Å². The third kappa shape index (κ3) is 7.50. The van der Waals surface area contributed by atoms with Gasteiger partial charge in [0.2, 0.25) is 0 Å². The van der Waals surface area contributed by atoms with Crippen molar-refractivity contribution in [1.29, 1.82) is 0 Å². The Morgan fingerprint density at radius 3 is 2.34 bits per heavy atom. The number of carbonyl (C=O) groups is 1. The monoisotopic (exact) mass is 659 g/mol. The van der Waals surface area contributed by atoms with Gasteiger partial charge in [-0.05, 0) is 54.1 Å². The van der Waals surface area contributed by atoms with E-state index in [4.69, 9.17) is 26.9 Å². The first kappa shape index (κ1) is 33.6. The molecule has 4 aromatic rings. The maximum atomic E-state index is 13.7. The van der Waals surface area contributed by atoms with Crippen molar-refractivity contribution in [2.75, 3.05) is 13.3 Å². The van der Waals surface area contributed by atoms with Crippen molar-refractivity contribution in [2.45, 2.75) is 41.2 Å². The van der Waals surface area contributed by atoms with Gasteiger partial charge >= 0.3 is 17.3 Å². The highest BCUT2D eigenvalue weighted by atomic mass is 35.5. The van der Waals surface area contributed by atoms with Crippen molar-refractivity contribution in [3.63, 3.8) is 0 Å². The fourth-order valence-corrected chi connectivity index (χ4v) is 5.35. The van der Waals surface area contributed by atoms with Gasteiger partial charge in [0.25, 0.3) is 5.91 Å². The van der Waals surface area contributed by atoms with Crippen molar-refractivity contribution < 1.29 is 53.0 Å². The highest BCUT2D eigenvalue weighted by Crippen LogP contribution is 2.36. The maximum absolute atomic E-state index is 13.7. The van der Waals surface area contributed by atoms with Crippen LogP contribution in [0.1, 0.15) is 38.9 Å². The van der Waals surface area contributed by atoms with Crippen LogP contribution < -0.4 is 5.32 Å². The molecule has 2 aromatic carbocycles. The molecule has 2 heterocycles. The Kier molecular flexibility index (Phi) is 9.92. The van der Waals surface area contributed by atoms with E-state index in [0.29, 0.717) is 16.6 Å². The first-order valence-corrected chi connectivity index (χ1v) is 14.0. The lowest BCUT2D eigenvalue weighted by Crippen LogP contribution is -2.51. The summed E-state index contributed by atoms with van der Waals surface area (Å²) in [6.45, 7) is -1.51. The number of hydrogen-bond donors (Lipinski definition) is 7. The molecule has 10 nitrogen and oxygen atoms in total. The van der Waals surface area contributed by atoms with E-state index in [9.17, 15) is 37.7 Å². The second-order valence-electron chi connectivity index (χ2n) is 9.70. The van der Waals surface area contributed by atoms with Crippen LogP contribution in [-0.4, -0.2) is 70.5 Å². The van der Waals surface area contributed by atoms with E-state index in [0.717, 1.165) is 12.3 Å². The van der Waals surface area contributed by atoms with Crippen molar-refractivity contribution in [2.24, 2.45) is 0 Å². The molecule has 0 radical (unpaired) electrons. The molecule has 16 heteroatoms. The second-order valence-corrected chi connectivity index (χ2v) is 11.4. The van der Waals surface area contributed by atoms with Crippen molar-refractivity contribution in [3.05, 3.63) is 93.9 Å². The topological polar surface area (TPSA) is 168 Å². The van der Waals surface area contributed by atoms with Crippen LogP contribution >= 0.6 is 23.4 Å². The molecule has 1 atom stereocenters. The van der Waals surface area contributed by atoms with Gasteiger partial charge in [0.05, 0.1) is 30.5 Å². The Balaban J connectivity index is 1.57. The van der Waals surface area contributed by atoms with Crippen molar-refractivity contribution >= 4 is 40.2 Å². The van der Waals surface area contributed by atoms with Gasteiger partial charge in [0, 0.05) is 44.7 Å². The average Bonchev–Trinajstić information content (AvgIpc) is 3.28. The minimum atomic E-state index is -4.66. The number of hydrogen-bond acceptors (Lipinski definition) is 9. The quantitative estimate of drug-likeness (QED) is 0.0727. The van der Waals surface area contributed by atoms with E-state index in [1.165, 1.54) is 47.0 Å². The molecule has 0 aliphatic carbocycles. The third-order valence-corrected chi connectivity index (χ3v) is 7.88. The third-order valence-electron chi connectivity index (χ3n) is 6.61. The van der Waals surface area contributed by atoms with Crippen LogP contribution in [0.4, 0.5) is 17.6 Å². The van der Waals surface area contributed by atoms with Gasteiger partial charge in [0.1, 0.15) is 6.67 Å². The summed E-state index contributed by atoms with van der Waals surface area (Å²) < 4.78 is 56.0. The molecule has 1 amide bonds.